The van der Waals surface area contributed by atoms with Crippen LogP contribution in [0.25, 0.3) is 11.2 Å². The molecule has 0 aliphatic carbocycles. The van der Waals surface area contributed by atoms with Crippen LogP contribution in [0.4, 0.5) is 5.82 Å². The van der Waals surface area contributed by atoms with Crippen molar-refractivity contribution in [2.45, 2.75) is 13.5 Å². The predicted octanol–water partition coefficient (Wildman–Crippen LogP) is -0.0147. The van der Waals surface area contributed by atoms with Crippen LogP contribution in [-0.2, 0) is 11.3 Å². The Balaban J connectivity index is 1.63. The smallest absolute Gasteiger partial charge is 0.183 e. The van der Waals surface area contributed by atoms with Crippen LogP contribution in [0, 0.1) is 0 Å². The monoisotopic (exact) mass is 277 g/mol. The highest BCUT2D eigenvalue weighted by atomic mass is 16.5. The van der Waals surface area contributed by atoms with E-state index in [1.807, 2.05) is 6.92 Å². The summed E-state index contributed by atoms with van der Waals surface area (Å²) < 4.78 is 7.10. The molecule has 0 saturated carbocycles. The van der Waals surface area contributed by atoms with E-state index in [0.717, 1.165) is 62.9 Å². The summed E-state index contributed by atoms with van der Waals surface area (Å²) in [6.45, 7) is 8.19. The van der Waals surface area contributed by atoms with Gasteiger partial charge in [0.25, 0.3) is 0 Å². The molecule has 0 radical (unpaired) electrons. The third-order valence-corrected chi connectivity index (χ3v) is 3.42. The van der Waals surface area contributed by atoms with E-state index in [1.165, 1.54) is 0 Å². The van der Waals surface area contributed by atoms with E-state index in [1.54, 1.807) is 11.0 Å². The molecule has 0 unspecified atom stereocenters. The summed E-state index contributed by atoms with van der Waals surface area (Å²) in [6.07, 6.45) is 1.55. The summed E-state index contributed by atoms with van der Waals surface area (Å²) in [7, 11) is 0. The van der Waals surface area contributed by atoms with Crippen LogP contribution in [0.15, 0.2) is 6.33 Å². The highest BCUT2D eigenvalue weighted by molar-refractivity contribution is 5.81. The number of hydrogen-bond donors (Lipinski definition) is 1. The lowest BCUT2D eigenvalue weighted by Crippen LogP contribution is -2.39. The molecule has 1 saturated heterocycles. The van der Waals surface area contributed by atoms with Crippen molar-refractivity contribution in [3.05, 3.63) is 6.33 Å². The van der Waals surface area contributed by atoms with Crippen LogP contribution in [-0.4, -0.2) is 69.3 Å². The molecule has 108 valence electrons. The molecule has 1 N–H and O–H groups in total. The molecule has 2 aromatic rings. The summed E-state index contributed by atoms with van der Waals surface area (Å²) in [5.74, 6) is 0.753. The molecule has 3 heterocycles. The standard InChI is InChI=1S/C12H19N7O/c1-2-19-12-10(16-17-19)11(14-9-15-12)13-3-4-18-5-7-20-8-6-18/h9H,2-8H2,1H3,(H,13,14,15). The summed E-state index contributed by atoms with van der Waals surface area (Å²) in [6, 6.07) is 0. The SMILES string of the molecule is CCn1nnc2c(NCCN3CCOCC3)ncnc21. The first-order valence-electron chi connectivity index (χ1n) is 6.96. The highest BCUT2D eigenvalue weighted by Crippen LogP contribution is 2.15. The predicted molar refractivity (Wildman–Crippen MR) is 74.5 cm³/mol. The zero-order chi connectivity index (χ0) is 13.8. The van der Waals surface area contributed by atoms with Crippen molar-refractivity contribution in [1.82, 2.24) is 29.9 Å². The molecule has 0 spiro atoms. The fraction of sp³-hybridized carbons (Fsp3) is 0.667. The molecule has 8 heteroatoms. The minimum atomic E-state index is 0.733. The molecular weight excluding hydrogens is 258 g/mol. The number of fused-ring (bicyclic) bond motifs is 1. The summed E-state index contributed by atoms with van der Waals surface area (Å²) in [4.78, 5) is 10.9. The second kappa shape index (κ2) is 6.10. The van der Waals surface area contributed by atoms with Crippen LogP contribution >= 0.6 is 0 Å². The normalized spacial score (nSPS) is 16.6. The van der Waals surface area contributed by atoms with E-state index < -0.39 is 0 Å². The van der Waals surface area contributed by atoms with Crippen LogP contribution < -0.4 is 5.32 Å². The van der Waals surface area contributed by atoms with E-state index in [0.29, 0.717) is 0 Å². The maximum Gasteiger partial charge on any atom is 0.183 e. The van der Waals surface area contributed by atoms with Crippen molar-refractivity contribution in [3.8, 4) is 0 Å². The van der Waals surface area contributed by atoms with E-state index in [9.17, 15) is 0 Å². The molecule has 0 amide bonds. The van der Waals surface area contributed by atoms with Gasteiger partial charge in [-0.2, -0.15) is 0 Å². The number of morpholine rings is 1. The summed E-state index contributed by atoms with van der Waals surface area (Å²) in [5.41, 5.74) is 1.51. The molecule has 0 atom stereocenters. The van der Waals surface area contributed by atoms with Crippen molar-refractivity contribution in [2.24, 2.45) is 0 Å². The Morgan fingerprint density at radius 1 is 1.30 bits per heavy atom. The fourth-order valence-electron chi connectivity index (χ4n) is 2.29. The zero-order valence-electron chi connectivity index (χ0n) is 11.6. The van der Waals surface area contributed by atoms with Gasteiger partial charge in [-0.05, 0) is 6.92 Å². The third kappa shape index (κ3) is 2.70. The molecular formula is C12H19N7O. The molecule has 8 nitrogen and oxygen atoms in total. The first-order valence-corrected chi connectivity index (χ1v) is 6.96. The van der Waals surface area contributed by atoms with E-state index in [-0.39, 0.29) is 0 Å². The van der Waals surface area contributed by atoms with Crippen LogP contribution in [0.1, 0.15) is 6.92 Å². The highest BCUT2D eigenvalue weighted by Gasteiger charge is 2.12. The third-order valence-electron chi connectivity index (χ3n) is 3.42. The second-order valence-corrected chi connectivity index (χ2v) is 4.68. The average Bonchev–Trinajstić information content (AvgIpc) is 2.92. The Morgan fingerprint density at radius 3 is 2.95 bits per heavy atom. The molecule has 2 aromatic heterocycles. The Bertz CT molecular complexity index is 564. The van der Waals surface area contributed by atoms with Gasteiger partial charge in [0.05, 0.1) is 13.2 Å². The first kappa shape index (κ1) is 13.2. The number of aryl methyl sites for hydroxylation is 1. The minimum absolute atomic E-state index is 0.733. The van der Waals surface area contributed by atoms with Gasteiger partial charge in [0, 0.05) is 32.7 Å². The van der Waals surface area contributed by atoms with Gasteiger partial charge < -0.3 is 10.1 Å². The molecule has 0 bridgehead atoms. The molecule has 1 aliphatic rings. The van der Waals surface area contributed by atoms with E-state index >= 15 is 0 Å². The van der Waals surface area contributed by atoms with Gasteiger partial charge in [0.1, 0.15) is 6.33 Å². The summed E-state index contributed by atoms with van der Waals surface area (Å²) >= 11 is 0. The topological polar surface area (TPSA) is 81.0 Å². The van der Waals surface area contributed by atoms with Crippen LogP contribution in [0.3, 0.4) is 0 Å². The molecule has 3 rings (SSSR count). The van der Waals surface area contributed by atoms with Gasteiger partial charge in [-0.3, -0.25) is 4.90 Å². The number of rotatable bonds is 5. The Morgan fingerprint density at radius 2 is 2.15 bits per heavy atom. The average molecular weight is 277 g/mol. The fourth-order valence-corrected chi connectivity index (χ4v) is 2.29. The molecule has 1 aliphatic heterocycles. The number of aromatic nitrogens is 5. The van der Waals surface area contributed by atoms with Gasteiger partial charge in [-0.15, -0.1) is 5.10 Å². The number of ether oxygens (including phenoxy) is 1. The maximum absolute atomic E-state index is 5.33. The number of hydrogen-bond acceptors (Lipinski definition) is 7. The van der Waals surface area contributed by atoms with Crippen LogP contribution in [0.5, 0.6) is 0 Å². The quantitative estimate of drug-likeness (QED) is 0.823. The van der Waals surface area contributed by atoms with Crippen molar-refractivity contribution >= 4 is 17.0 Å². The lowest BCUT2D eigenvalue weighted by molar-refractivity contribution is 0.0398. The van der Waals surface area contributed by atoms with Crippen molar-refractivity contribution in [1.29, 1.82) is 0 Å². The zero-order valence-corrected chi connectivity index (χ0v) is 11.6. The molecule has 0 aromatic carbocycles. The van der Waals surface area contributed by atoms with Crippen LogP contribution in [0.2, 0.25) is 0 Å². The molecule has 1 fully saturated rings. The Kier molecular flexibility index (Phi) is 4.03. The van der Waals surface area contributed by atoms with Crippen molar-refractivity contribution in [3.63, 3.8) is 0 Å². The Hall–Kier alpha value is -1.80. The lowest BCUT2D eigenvalue weighted by Gasteiger charge is -2.26. The van der Waals surface area contributed by atoms with Gasteiger partial charge in [0.15, 0.2) is 17.0 Å². The van der Waals surface area contributed by atoms with Gasteiger partial charge in [-0.1, -0.05) is 5.21 Å². The summed E-state index contributed by atoms with van der Waals surface area (Å²) in [5, 5.41) is 11.5. The number of nitrogens with zero attached hydrogens (tertiary/aromatic N) is 6. The van der Waals surface area contributed by atoms with Gasteiger partial charge in [0.2, 0.25) is 0 Å². The number of nitrogens with one attached hydrogen (secondary N) is 1. The van der Waals surface area contributed by atoms with E-state index in [2.05, 4.69) is 30.5 Å². The minimum Gasteiger partial charge on any atom is -0.379 e. The van der Waals surface area contributed by atoms with Gasteiger partial charge in [-0.25, -0.2) is 14.6 Å². The first-order chi connectivity index (χ1) is 9.88. The molecule has 20 heavy (non-hydrogen) atoms. The van der Waals surface area contributed by atoms with Crippen molar-refractivity contribution < 1.29 is 4.74 Å². The maximum atomic E-state index is 5.33. The lowest BCUT2D eigenvalue weighted by atomic mass is 10.4. The second-order valence-electron chi connectivity index (χ2n) is 4.68. The largest absolute Gasteiger partial charge is 0.379 e. The van der Waals surface area contributed by atoms with Crippen molar-refractivity contribution in [2.75, 3.05) is 44.7 Å². The Labute approximate surface area is 117 Å². The number of anilines is 1. The van der Waals surface area contributed by atoms with Gasteiger partial charge >= 0.3 is 0 Å². The van der Waals surface area contributed by atoms with E-state index in [4.69, 9.17) is 4.74 Å².